The lowest BCUT2D eigenvalue weighted by molar-refractivity contribution is -0.143. The maximum atomic E-state index is 12.8. The number of nitrogens with two attached hydrogens (primary N) is 1. The molecule has 0 aliphatic rings. The second-order valence-electron chi connectivity index (χ2n) is 8.10. The van der Waals surface area contributed by atoms with Crippen molar-refractivity contribution in [1.82, 2.24) is 15.6 Å². The molecule has 0 spiro atoms. The first-order valence-electron chi connectivity index (χ1n) is 10.8. The molecule has 3 atom stereocenters. The highest BCUT2D eigenvalue weighted by Gasteiger charge is 2.30. The number of benzene rings is 2. The van der Waals surface area contributed by atoms with Crippen LogP contribution in [0.1, 0.15) is 17.5 Å². The summed E-state index contributed by atoms with van der Waals surface area (Å²) in [7, 11) is 0. The minimum atomic E-state index is -1.53. The normalized spacial score (nSPS) is 13.5. The quantitative estimate of drug-likeness (QED) is 0.205. The number of hydrogen-bond acceptors (Lipinski definition) is 6. The van der Waals surface area contributed by atoms with Crippen LogP contribution in [0.2, 0.25) is 0 Å². The van der Waals surface area contributed by atoms with Crippen molar-refractivity contribution in [3.63, 3.8) is 0 Å². The zero-order valence-corrected chi connectivity index (χ0v) is 18.6. The molecule has 11 nitrogen and oxygen atoms in total. The molecule has 2 aromatic carbocycles. The van der Waals surface area contributed by atoms with E-state index in [0.29, 0.717) is 11.1 Å². The van der Waals surface area contributed by atoms with Gasteiger partial charge in [0.05, 0.1) is 12.5 Å². The van der Waals surface area contributed by atoms with E-state index in [1.54, 1.807) is 24.4 Å². The molecule has 8 N–H and O–H groups in total. The van der Waals surface area contributed by atoms with Crippen molar-refractivity contribution in [2.75, 3.05) is 0 Å². The predicted octanol–water partition coefficient (Wildman–Crippen LogP) is 0.515. The third-order valence-electron chi connectivity index (χ3n) is 5.45. The zero-order valence-electron chi connectivity index (χ0n) is 18.6. The zero-order chi connectivity index (χ0) is 25.5. The summed E-state index contributed by atoms with van der Waals surface area (Å²) in [6, 6.07) is 9.27. The van der Waals surface area contributed by atoms with Gasteiger partial charge in [-0.25, -0.2) is 4.79 Å². The third-order valence-corrected chi connectivity index (χ3v) is 5.45. The van der Waals surface area contributed by atoms with E-state index in [2.05, 4.69) is 15.6 Å². The number of carbonyl (C=O) groups excluding carboxylic acids is 2. The van der Waals surface area contributed by atoms with Crippen LogP contribution in [0.5, 0.6) is 5.75 Å². The van der Waals surface area contributed by atoms with Crippen molar-refractivity contribution in [3.05, 3.63) is 65.9 Å². The fourth-order valence-electron chi connectivity index (χ4n) is 3.63. The molecule has 0 saturated carbocycles. The number of carboxylic acid groups (broad SMARTS) is 2. The van der Waals surface area contributed by atoms with Crippen LogP contribution < -0.4 is 16.4 Å². The van der Waals surface area contributed by atoms with Crippen LogP contribution in [-0.2, 0) is 32.0 Å². The molecule has 1 aromatic heterocycles. The second kappa shape index (κ2) is 11.2. The summed E-state index contributed by atoms with van der Waals surface area (Å²) in [6.07, 6.45) is 0.902. The van der Waals surface area contributed by atoms with E-state index >= 15 is 0 Å². The van der Waals surface area contributed by atoms with Crippen LogP contribution in [0.3, 0.4) is 0 Å². The van der Waals surface area contributed by atoms with Crippen molar-refractivity contribution in [2.45, 2.75) is 37.4 Å². The van der Waals surface area contributed by atoms with Gasteiger partial charge in [0.1, 0.15) is 17.8 Å². The number of carbonyl (C=O) groups is 4. The monoisotopic (exact) mass is 482 g/mol. The number of aliphatic carboxylic acids is 2. The van der Waals surface area contributed by atoms with Gasteiger partial charge in [-0.2, -0.15) is 0 Å². The Morgan fingerprint density at radius 1 is 0.886 bits per heavy atom. The lowest BCUT2D eigenvalue weighted by Crippen LogP contribution is -2.55. The molecule has 0 radical (unpaired) electrons. The second-order valence-corrected chi connectivity index (χ2v) is 8.10. The van der Waals surface area contributed by atoms with Gasteiger partial charge in [-0.3, -0.25) is 14.4 Å². The molecular formula is C24H26N4O7. The highest BCUT2D eigenvalue weighted by molar-refractivity contribution is 5.94. The lowest BCUT2D eigenvalue weighted by atomic mass is 10.0. The minimum absolute atomic E-state index is 0.0468. The van der Waals surface area contributed by atoms with Gasteiger partial charge in [0.2, 0.25) is 11.8 Å². The summed E-state index contributed by atoms with van der Waals surface area (Å²) in [6.45, 7) is 0. The van der Waals surface area contributed by atoms with Crippen LogP contribution in [0.25, 0.3) is 10.9 Å². The van der Waals surface area contributed by atoms with Gasteiger partial charge in [0, 0.05) is 23.5 Å². The highest BCUT2D eigenvalue weighted by atomic mass is 16.4. The molecule has 184 valence electrons. The number of amides is 2. The summed E-state index contributed by atoms with van der Waals surface area (Å²) in [5.41, 5.74) is 8.01. The largest absolute Gasteiger partial charge is 0.508 e. The standard InChI is InChI=1S/C24H26N4O7/c25-17(9-13-5-7-15(29)8-6-13)22(32)27-19(11-21(30)31)23(33)28-20(24(34)35)10-14-12-26-18-4-2-1-3-16(14)18/h1-8,12,17,19-20,26,29H,9-11,25H2,(H,27,32)(H,28,33)(H,30,31)(H,34,35)/t17-,19-,20-/m0/s1. The van der Waals surface area contributed by atoms with Gasteiger partial charge < -0.3 is 36.7 Å². The van der Waals surface area contributed by atoms with Gasteiger partial charge in [0.15, 0.2) is 0 Å². The molecule has 0 bridgehead atoms. The Balaban J connectivity index is 1.68. The number of fused-ring (bicyclic) bond motifs is 1. The van der Waals surface area contributed by atoms with Crippen LogP contribution in [-0.4, -0.2) is 62.2 Å². The van der Waals surface area contributed by atoms with Crippen molar-refractivity contribution in [2.24, 2.45) is 5.73 Å². The Labute approximate surface area is 199 Å². The number of carboxylic acids is 2. The molecule has 0 unspecified atom stereocenters. The smallest absolute Gasteiger partial charge is 0.326 e. The summed E-state index contributed by atoms with van der Waals surface area (Å²) in [4.78, 5) is 51.5. The van der Waals surface area contributed by atoms with E-state index in [4.69, 9.17) is 5.73 Å². The molecule has 0 fully saturated rings. The number of H-pyrrole nitrogens is 1. The molecule has 0 aliphatic carbocycles. The topological polar surface area (TPSA) is 195 Å². The fraction of sp³-hybridized carbons (Fsp3) is 0.250. The Morgan fingerprint density at radius 2 is 1.54 bits per heavy atom. The average molecular weight is 482 g/mol. The van der Waals surface area contributed by atoms with Crippen molar-refractivity contribution < 1.29 is 34.5 Å². The maximum absolute atomic E-state index is 12.8. The first-order valence-corrected chi connectivity index (χ1v) is 10.8. The van der Waals surface area contributed by atoms with E-state index < -0.39 is 48.3 Å². The molecule has 35 heavy (non-hydrogen) atoms. The first kappa shape index (κ1) is 25.2. The van der Waals surface area contributed by atoms with E-state index in [1.165, 1.54) is 12.1 Å². The molecule has 3 aromatic rings. The maximum Gasteiger partial charge on any atom is 0.326 e. The number of aromatic amines is 1. The van der Waals surface area contributed by atoms with Gasteiger partial charge in [-0.05, 0) is 35.7 Å². The van der Waals surface area contributed by atoms with Gasteiger partial charge in [0.25, 0.3) is 0 Å². The van der Waals surface area contributed by atoms with E-state index in [0.717, 1.165) is 10.9 Å². The Hall–Kier alpha value is -4.38. The number of hydrogen-bond donors (Lipinski definition) is 7. The SMILES string of the molecule is N[C@@H](Cc1ccc(O)cc1)C(=O)N[C@@H](CC(=O)O)C(=O)N[C@@H](Cc1c[nH]c2ccccc12)C(=O)O. The Bertz CT molecular complexity index is 1220. The Kier molecular flexibility index (Phi) is 8.05. The average Bonchev–Trinajstić information content (AvgIpc) is 3.22. The first-order chi connectivity index (χ1) is 16.6. The van der Waals surface area contributed by atoms with Crippen molar-refractivity contribution in [3.8, 4) is 5.75 Å². The third kappa shape index (κ3) is 6.81. The number of phenols is 1. The summed E-state index contributed by atoms with van der Waals surface area (Å²) in [5, 5.41) is 33.6. The molecular weight excluding hydrogens is 456 g/mol. The molecule has 0 saturated heterocycles. The summed E-state index contributed by atoms with van der Waals surface area (Å²) < 4.78 is 0. The number of nitrogens with one attached hydrogen (secondary N) is 3. The van der Waals surface area contributed by atoms with Crippen LogP contribution >= 0.6 is 0 Å². The summed E-state index contributed by atoms with van der Waals surface area (Å²) >= 11 is 0. The van der Waals surface area contributed by atoms with E-state index in [9.17, 15) is 34.5 Å². The summed E-state index contributed by atoms with van der Waals surface area (Å²) in [5.74, 6) is -4.35. The van der Waals surface area contributed by atoms with Gasteiger partial charge >= 0.3 is 11.9 Å². The number of para-hydroxylation sites is 1. The predicted molar refractivity (Wildman–Crippen MR) is 126 cm³/mol. The highest BCUT2D eigenvalue weighted by Crippen LogP contribution is 2.19. The van der Waals surface area contributed by atoms with Crippen LogP contribution in [0.4, 0.5) is 0 Å². The Morgan fingerprint density at radius 3 is 2.20 bits per heavy atom. The minimum Gasteiger partial charge on any atom is -0.508 e. The fourth-order valence-corrected chi connectivity index (χ4v) is 3.63. The molecule has 1 heterocycles. The molecule has 0 aliphatic heterocycles. The number of phenolic OH excluding ortho intramolecular Hbond substituents is 1. The number of aromatic nitrogens is 1. The van der Waals surface area contributed by atoms with E-state index in [-0.39, 0.29) is 18.6 Å². The van der Waals surface area contributed by atoms with Gasteiger partial charge in [-0.1, -0.05) is 30.3 Å². The van der Waals surface area contributed by atoms with Crippen LogP contribution in [0, 0.1) is 0 Å². The molecule has 3 rings (SSSR count). The molecule has 2 amide bonds. The van der Waals surface area contributed by atoms with Crippen molar-refractivity contribution >= 4 is 34.7 Å². The van der Waals surface area contributed by atoms with Crippen LogP contribution in [0.15, 0.2) is 54.7 Å². The van der Waals surface area contributed by atoms with Gasteiger partial charge in [-0.15, -0.1) is 0 Å². The molecule has 11 heteroatoms. The lowest BCUT2D eigenvalue weighted by Gasteiger charge is -2.22. The van der Waals surface area contributed by atoms with Crippen molar-refractivity contribution in [1.29, 1.82) is 0 Å². The number of rotatable bonds is 11. The number of aromatic hydroxyl groups is 1. The van der Waals surface area contributed by atoms with E-state index in [1.807, 2.05) is 18.2 Å².